The molecule has 0 aliphatic rings. The molecule has 2 N–H and O–H groups in total. The molecular formula is C8H17NO4S. The van der Waals surface area contributed by atoms with Crippen molar-refractivity contribution >= 4 is 17.3 Å². The van der Waals surface area contributed by atoms with Crippen LogP contribution >= 0.6 is 0 Å². The highest BCUT2D eigenvalue weighted by Gasteiger charge is 2.19. The minimum Gasteiger partial charge on any atom is -0.356 e. The third-order valence-electron chi connectivity index (χ3n) is 1.47. The van der Waals surface area contributed by atoms with Gasteiger partial charge >= 0.3 is 11.4 Å². The number of nitrogens with one attached hydrogen (secondary N) is 1. The highest BCUT2D eigenvalue weighted by Crippen LogP contribution is 2.11. The lowest BCUT2D eigenvalue weighted by atomic mass is 9.96. The lowest BCUT2D eigenvalue weighted by Gasteiger charge is -2.17. The number of rotatable bonds is 5. The van der Waals surface area contributed by atoms with Crippen LogP contribution in [0.5, 0.6) is 0 Å². The van der Waals surface area contributed by atoms with E-state index < -0.39 is 16.8 Å². The molecule has 0 rings (SSSR count). The van der Waals surface area contributed by atoms with Crippen LogP contribution in [0.25, 0.3) is 0 Å². The summed E-state index contributed by atoms with van der Waals surface area (Å²) in [6.45, 7) is 6.08. The molecule has 0 spiro atoms. The van der Waals surface area contributed by atoms with Gasteiger partial charge in [0.15, 0.2) is 0 Å². The molecule has 1 amide bonds. The number of amides is 1. The van der Waals surface area contributed by atoms with Crippen LogP contribution in [0, 0.1) is 5.41 Å². The summed E-state index contributed by atoms with van der Waals surface area (Å²) in [5, 5.41) is 2.70. The summed E-state index contributed by atoms with van der Waals surface area (Å²) in [4.78, 5) is 11.3. The average Bonchev–Trinajstić information content (AvgIpc) is 2.01. The van der Waals surface area contributed by atoms with Gasteiger partial charge in [0.2, 0.25) is 5.91 Å². The van der Waals surface area contributed by atoms with Crippen LogP contribution in [-0.4, -0.2) is 27.8 Å². The zero-order valence-corrected chi connectivity index (χ0v) is 9.52. The quantitative estimate of drug-likeness (QED) is 0.531. The summed E-state index contributed by atoms with van der Waals surface area (Å²) >= 11 is -2.21. The molecule has 0 aromatic rings. The van der Waals surface area contributed by atoms with E-state index in [1.165, 1.54) is 0 Å². The van der Waals surface area contributed by atoms with Crippen LogP contribution in [0.2, 0.25) is 0 Å². The second kappa shape index (κ2) is 6.10. The van der Waals surface area contributed by atoms with Gasteiger partial charge in [-0.2, -0.15) is 4.21 Å². The molecule has 0 aliphatic heterocycles. The molecule has 0 aliphatic carbocycles. The lowest BCUT2D eigenvalue weighted by molar-refractivity contribution is -0.128. The smallest absolute Gasteiger partial charge is 0.301 e. The van der Waals surface area contributed by atoms with Crippen molar-refractivity contribution in [2.24, 2.45) is 5.41 Å². The second-order valence-electron chi connectivity index (χ2n) is 3.90. The number of carbonyl (C=O) groups excluding carboxylic acids is 1. The molecule has 14 heavy (non-hydrogen) atoms. The van der Waals surface area contributed by atoms with E-state index in [9.17, 15) is 9.00 Å². The molecular weight excluding hydrogens is 206 g/mol. The van der Waals surface area contributed by atoms with Crippen molar-refractivity contribution in [2.45, 2.75) is 27.2 Å². The standard InChI is InChI=1S/C8H17NO4S/c1-8(2,3)7(10)9-5-4-6-13-14(11)12/h4-6H2,1-3H3,(H,9,10)(H,11,12). The van der Waals surface area contributed by atoms with Gasteiger partial charge in [-0.25, -0.2) is 0 Å². The van der Waals surface area contributed by atoms with Gasteiger partial charge in [-0.1, -0.05) is 20.8 Å². The van der Waals surface area contributed by atoms with Crippen LogP contribution in [0.15, 0.2) is 0 Å². The second-order valence-corrected chi connectivity index (χ2v) is 4.57. The van der Waals surface area contributed by atoms with E-state index >= 15 is 0 Å². The number of hydrogen-bond donors (Lipinski definition) is 2. The maximum Gasteiger partial charge on any atom is 0.301 e. The highest BCUT2D eigenvalue weighted by molar-refractivity contribution is 7.74. The van der Waals surface area contributed by atoms with E-state index in [0.29, 0.717) is 13.0 Å². The summed E-state index contributed by atoms with van der Waals surface area (Å²) in [5.41, 5.74) is -0.402. The van der Waals surface area contributed by atoms with E-state index in [0.717, 1.165) is 0 Å². The fourth-order valence-corrected chi connectivity index (χ4v) is 0.930. The molecule has 0 heterocycles. The normalized spacial score (nSPS) is 13.7. The minimum atomic E-state index is -2.21. The fraction of sp³-hybridized carbons (Fsp3) is 0.875. The Morgan fingerprint density at radius 3 is 2.50 bits per heavy atom. The first-order valence-electron chi connectivity index (χ1n) is 4.36. The maximum absolute atomic E-state index is 11.3. The van der Waals surface area contributed by atoms with Crippen LogP contribution < -0.4 is 5.32 Å². The van der Waals surface area contributed by atoms with Crippen LogP contribution in [0.1, 0.15) is 27.2 Å². The van der Waals surface area contributed by atoms with E-state index in [1.807, 2.05) is 20.8 Å². The first-order valence-corrected chi connectivity index (χ1v) is 5.39. The molecule has 0 bridgehead atoms. The monoisotopic (exact) mass is 223 g/mol. The predicted molar refractivity (Wildman–Crippen MR) is 53.8 cm³/mol. The summed E-state index contributed by atoms with van der Waals surface area (Å²) < 4.78 is 22.7. The van der Waals surface area contributed by atoms with Gasteiger partial charge in [0.05, 0.1) is 6.61 Å². The molecule has 0 aromatic carbocycles. The van der Waals surface area contributed by atoms with Gasteiger partial charge in [0.25, 0.3) is 0 Å². The Hall–Kier alpha value is -0.460. The molecule has 0 saturated carbocycles. The SMILES string of the molecule is CC(C)(C)C(=O)NCCCOS(=O)O. The average molecular weight is 223 g/mol. The minimum absolute atomic E-state index is 0.0392. The summed E-state index contributed by atoms with van der Waals surface area (Å²) in [6.07, 6.45) is 0.522. The Kier molecular flexibility index (Phi) is 5.90. The summed E-state index contributed by atoms with van der Waals surface area (Å²) in [5.74, 6) is -0.0392. The molecule has 1 atom stereocenters. The van der Waals surface area contributed by atoms with Crippen LogP contribution in [0.4, 0.5) is 0 Å². The zero-order valence-electron chi connectivity index (χ0n) is 8.70. The first-order chi connectivity index (χ1) is 6.34. The fourth-order valence-electron chi connectivity index (χ4n) is 0.669. The van der Waals surface area contributed by atoms with Crippen LogP contribution in [0.3, 0.4) is 0 Å². The topological polar surface area (TPSA) is 75.6 Å². The first kappa shape index (κ1) is 13.5. The van der Waals surface area contributed by atoms with E-state index in [1.54, 1.807) is 0 Å². The van der Waals surface area contributed by atoms with Crippen molar-refractivity contribution in [1.29, 1.82) is 0 Å². The van der Waals surface area contributed by atoms with Gasteiger partial charge in [-0.15, -0.1) is 0 Å². The Balaban J connectivity index is 3.46. The van der Waals surface area contributed by atoms with Gasteiger partial charge in [0.1, 0.15) is 0 Å². The molecule has 0 fully saturated rings. The van der Waals surface area contributed by atoms with E-state index in [2.05, 4.69) is 9.50 Å². The van der Waals surface area contributed by atoms with Crippen molar-refractivity contribution < 1.29 is 17.7 Å². The third-order valence-corrected chi connectivity index (χ3v) is 1.84. The Morgan fingerprint density at radius 2 is 2.07 bits per heavy atom. The molecule has 0 radical (unpaired) electrons. The molecule has 0 saturated heterocycles. The summed E-state index contributed by atoms with van der Waals surface area (Å²) in [7, 11) is 0. The summed E-state index contributed by atoms with van der Waals surface area (Å²) in [6, 6.07) is 0. The number of hydrogen-bond acceptors (Lipinski definition) is 3. The Labute approximate surface area is 86.7 Å². The maximum atomic E-state index is 11.3. The predicted octanol–water partition coefficient (Wildman–Crippen LogP) is 0.692. The number of carbonyl (C=O) groups is 1. The molecule has 1 unspecified atom stereocenters. The zero-order chi connectivity index (χ0) is 11.2. The van der Waals surface area contributed by atoms with Gasteiger partial charge in [-0.3, -0.25) is 13.5 Å². The Morgan fingerprint density at radius 1 is 1.50 bits per heavy atom. The molecule has 6 heteroatoms. The Bertz CT molecular complexity index is 212. The molecule has 84 valence electrons. The van der Waals surface area contributed by atoms with Gasteiger partial charge in [0, 0.05) is 12.0 Å². The lowest BCUT2D eigenvalue weighted by Crippen LogP contribution is -2.35. The van der Waals surface area contributed by atoms with Gasteiger partial charge in [-0.05, 0) is 6.42 Å². The molecule has 5 nitrogen and oxygen atoms in total. The van der Waals surface area contributed by atoms with Crippen molar-refractivity contribution in [1.82, 2.24) is 5.32 Å². The largest absolute Gasteiger partial charge is 0.356 e. The van der Waals surface area contributed by atoms with E-state index in [-0.39, 0.29) is 12.5 Å². The van der Waals surface area contributed by atoms with Gasteiger partial charge < -0.3 is 5.32 Å². The van der Waals surface area contributed by atoms with Crippen molar-refractivity contribution in [3.8, 4) is 0 Å². The van der Waals surface area contributed by atoms with Crippen LogP contribution in [-0.2, 0) is 20.3 Å². The van der Waals surface area contributed by atoms with Crippen molar-refractivity contribution in [3.05, 3.63) is 0 Å². The molecule has 0 aromatic heterocycles. The highest BCUT2D eigenvalue weighted by atomic mass is 32.2. The van der Waals surface area contributed by atoms with Crippen molar-refractivity contribution in [3.63, 3.8) is 0 Å². The van der Waals surface area contributed by atoms with Crippen molar-refractivity contribution in [2.75, 3.05) is 13.2 Å². The van der Waals surface area contributed by atoms with E-state index in [4.69, 9.17) is 4.55 Å². The third kappa shape index (κ3) is 6.99.